The third kappa shape index (κ3) is 4.73. The molecule has 1 amide bonds. The highest BCUT2D eigenvalue weighted by molar-refractivity contribution is 14.1. The van der Waals surface area contributed by atoms with Crippen LogP contribution in [-0.2, 0) is 11.3 Å². The van der Waals surface area contributed by atoms with Crippen LogP contribution in [0, 0.1) is 3.57 Å². The minimum absolute atomic E-state index is 0.210. The molecule has 2 aromatic rings. The Morgan fingerprint density at radius 3 is 2.35 bits per heavy atom. The molecule has 7 heteroatoms. The van der Waals surface area contributed by atoms with Crippen LogP contribution in [0.2, 0.25) is 15.1 Å². The molecule has 2 rings (SSSR count). The highest BCUT2D eigenvalue weighted by Gasteiger charge is 2.19. The van der Waals surface area contributed by atoms with Crippen molar-refractivity contribution in [3.8, 4) is 0 Å². The van der Waals surface area contributed by atoms with E-state index in [1.54, 1.807) is 18.2 Å². The lowest BCUT2D eigenvalue weighted by Gasteiger charge is -2.21. The highest BCUT2D eigenvalue weighted by Crippen LogP contribution is 2.29. The van der Waals surface area contributed by atoms with Gasteiger partial charge in [0.2, 0.25) is 0 Å². The fourth-order valence-corrected chi connectivity index (χ4v) is 3.69. The Bertz CT molecular complexity index is 701. The molecule has 0 saturated heterocycles. The molecule has 122 valence electrons. The van der Waals surface area contributed by atoms with Gasteiger partial charge in [0.1, 0.15) is 0 Å². The first kappa shape index (κ1) is 18.8. The van der Waals surface area contributed by atoms with Crippen molar-refractivity contribution in [2.45, 2.75) is 6.42 Å². The summed E-state index contributed by atoms with van der Waals surface area (Å²) in [6, 6.07) is 10.6. The molecule has 0 saturated carbocycles. The van der Waals surface area contributed by atoms with Crippen LogP contribution in [0.1, 0.15) is 15.9 Å². The second kappa shape index (κ2) is 8.53. The summed E-state index contributed by atoms with van der Waals surface area (Å²) < 4.78 is 0.861. The van der Waals surface area contributed by atoms with Crippen molar-refractivity contribution in [2.75, 3.05) is 13.7 Å². The fourth-order valence-electron chi connectivity index (χ4n) is 2.07. The topological polar surface area (TPSA) is 29.5 Å². The summed E-state index contributed by atoms with van der Waals surface area (Å²) in [7, 11) is 1.46. The second-order valence-electron chi connectivity index (χ2n) is 4.67. The minimum Gasteiger partial charge on any atom is -0.274 e. The van der Waals surface area contributed by atoms with E-state index in [-0.39, 0.29) is 5.91 Å². The number of amides is 1. The van der Waals surface area contributed by atoms with Crippen LogP contribution in [0.15, 0.2) is 36.4 Å². The summed E-state index contributed by atoms with van der Waals surface area (Å²) >= 11 is 20.4. The Kier molecular flexibility index (Phi) is 6.98. The van der Waals surface area contributed by atoms with Gasteiger partial charge in [-0.15, -0.1) is 0 Å². The molecule has 0 fully saturated rings. The smallest absolute Gasteiger partial charge is 0.274 e. The number of carbonyl (C=O) groups is 1. The molecule has 0 aromatic heterocycles. The maximum absolute atomic E-state index is 12.6. The summed E-state index contributed by atoms with van der Waals surface area (Å²) in [4.78, 5) is 17.8. The standard InChI is InChI=1S/C16H13Cl3INO2/c1-23-21(16(22)12-4-2-3-5-15(12)20)7-6-11-13(18)8-10(17)9-14(11)19/h2-5,8-9H,6-7H2,1H3. The first-order valence-electron chi connectivity index (χ1n) is 6.68. The Morgan fingerprint density at radius 1 is 1.17 bits per heavy atom. The summed E-state index contributed by atoms with van der Waals surface area (Å²) in [5, 5.41) is 2.71. The van der Waals surface area contributed by atoms with Gasteiger partial charge in [0.05, 0.1) is 19.2 Å². The summed E-state index contributed by atoms with van der Waals surface area (Å²) in [6.07, 6.45) is 0.456. The van der Waals surface area contributed by atoms with Crippen LogP contribution in [0.4, 0.5) is 0 Å². The quantitative estimate of drug-likeness (QED) is 0.415. The lowest BCUT2D eigenvalue weighted by Crippen LogP contribution is -2.32. The van der Waals surface area contributed by atoms with Gasteiger partial charge in [-0.25, -0.2) is 5.06 Å². The van der Waals surface area contributed by atoms with Crippen LogP contribution in [-0.4, -0.2) is 24.6 Å². The molecule has 3 nitrogen and oxygen atoms in total. The molecular weight excluding hydrogens is 471 g/mol. The van der Waals surface area contributed by atoms with Crippen LogP contribution in [0.25, 0.3) is 0 Å². The van der Waals surface area contributed by atoms with Crippen LogP contribution >= 0.6 is 57.4 Å². The van der Waals surface area contributed by atoms with Gasteiger partial charge in [-0.1, -0.05) is 46.9 Å². The maximum Gasteiger partial charge on any atom is 0.278 e. The monoisotopic (exact) mass is 483 g/mol. The Hall–Kier alpha value is -0.530. The number of rotatable bonds is 5. The molecule has 0 radical (unpaired) electrons. The lowest BCUT2D eigenvalue weighted by atomic mass is 10.1. The van der Waals surface area contributed by atoms with E-state index in [1.165, 1.54) is 12.2 Å². The Morgan fingerprint density at radius 2 is 1.78 bits per heavy atom. The fraction of sp³-hybridized carbons (Fsp3) is 0.188. The molecule has 0 atom stereocenters. The predicted molar refractivity (Wildman–Crippen MR) is 102 cm³/mol. The van der Waals surface area contributed by atoms with E-state index in [4.69, 9.17) is 39.6 Å². The first-order valence-corrected chi connectivity index (χ1v) is 8.89. The minimum atomic E-state index is -0.210. The molecule has 0 spiro atoms. The van der Waals surface area contributed by atoms with Gasteiger partial charge in [0.25, 0.3) is 5.91 Å². The van der Waals surface area contributed by atoms with Crippen LogP contribution in [0.5, 0.6) is 0 Å². The van der Waals surface area contributed by atoms with E-state index in [2.05, 4.69) is 22.6 Å². The van der Waals surface area contributed by atoms with Gasteiger partial charge in [-0.05, 0) is 58.8 Å². The highest BCUT2D eigenvalue weighted by atomic mass is 127. The number of carbonyl (C=O) groups excluding carboxylic acids is 1. The average Bonchev–Trinajstić information content (AvgIpc) is 2.50. The van der Waals surface area contributed by atoms with Crippen molar-refractivity contribution >= 4 is 63.3 Å². The molecular formula is C16H13Cl3INO2. The molecule has 2 aromatic carbocycles. The molecule has 0 N–H and O–H groups in total. The van der Waals surface area contributed by atoms with E-state index in [9.17, 15) is 4.79 Å². The van der Waals surface area contributed by atoms with Gasteiger partial charge in [-0.2, -0.15) is 0 Å². The number of hydrogen-bond acceptors (Lipinski definition) is 2. The molecule has 0 aliphatic heterocycles. The van der Waals surface area contributed by atoms with E-state index < -0.39 is 0 Å². The van der Waals surface area contributed by atoms with Gasteiger partial charge in [0.15, 0.2) is 0 Å². The zero-order chi connectivity index (χ0) is 17.0. The summed E-state index contributed by atoms with van der Waals surface area (Å²) in [5.74, 6) is -0.210. The summed E-state index contributed by atoms with van der Waals surface area (Å²) in [5.41, 5.74) is 1.32. The number of hydroxylamine groups is 2. The normalized spacial score (nSPS) is 10.7. The maximum atomic E-state index is 12.6. The number of hydrogen-bond donors (Lipinski definition) is 0. The largest absolute Gasteiger partial charge is 0.278 e. The van der Waals surface area contributed by atoms with Crippen molar-refractivity contribution in [3.05, 3.63) is 66.2 Å². The lowest BCUT2D eigenvalue weighted by molar-refractivity contribution is -0.0942. The zero-order valence-electron chi connectivity index (χ0n) is 12.2. The van der Waals surface area contributed by atoms with E-state index >= 15 is 0 Å². The van der Waals surface area contributed by atoms with Crippen molar-refractivity contribution in [1.29, 1.82) is 0 Å². The van der Waals surface area contributed by atoms with Crippen molar-refractivity contribution in [2.24, 2.45) is 0 Å². The molecule has 0 aliphatic carbocycles. The van der Waals surface area contributed by atoms with E-state index in [0.717, 1.165) is 9.13 Å². The van der Waals surface area contributed by atoms with Gasteiger partial charge >= 0.3 is 0 Å². The zero-order valence-corrected chi connectivity index (χ0v) is 16.6. The van der Waals surface area contributed by atoms with E-state index in [1.807, 2.05) is 18.2 Å². The molecule has 0 aliphatic rings. The summed E-state index contributed by atoms with van der Waals surface area (Å²) in [6.45, 7) is 0.321. The van der Waals surface area contributed by atoms with Crippen molar-refractivity contribution in [3.63, 3.8) is 0 Å². The van der Waals surface area contributed by atoms with Gasteiger partial charge in [-0.3, -0.25) is 9.63 Å². The van der Waals surface area contributed by atoms with Crippen LogP contribution in [0.3, 0.4) is 0 Å². The average molecular weight is 485 g/mol. The van der Waals surface area contributed by atoms with Crippen LogP contribution < -0.4 is 0 Å². The van der Waals surface area contributed by atoms with Gasteiger partial charge < -0.3 is 0 Å². The number of benzene rings is 2. The van der Waals surface area contributed by atoms with E-state index in [0.29, 0.717) is 33.6 Å². The molecule has 0 unspecified atom stereocenters. The SMILES string of the molecule is CON(CCc1c(Cl)cc(Cl)cc1Cl)C(=O)c1ccccc1I. The number of halogens is 4. The third-order valence-electron chi connectivity index (χ3n) is 3.22. The molecule has 0 heterocycles. The number of nitrogens with zero attached hydrogens (tertiary/aromatic N) is 1. The Labute approximate surface area is 163 Å². The Balaban J connectivity index is 2.15. The van der Waals surface area contributed by atoms with Gasteiger partial charge in [0, 0.05) is 18.6 Å². The molecule has 23 heavy (non-hydrogen) atoms. The second-order valence-corrected chi connectivity index (χ2v) is 7.08. The third-order valence-corrected chi connectivity index (χ3v) is 5.06. The van der Waals surface area contributed by atoms with Crippen molar-refractivity contribution in [1.82, 2.24) is 5.06 Å². The van der Waals surface area contributed by atoms with Crippen molar-refractivity contribution < 1.29 is 9.63 Å². The molecule has 0 bridgehead atoms. The predicted octanol–water partition coefficient (Wildman–Crippen LogP) is 5.50. The first-order chi connectivity index (χ1) is 10.9.